The molecule has 584 valence electrons. The van der Waals surface area contributed by atoms with E-state index in [-0.39, 0.29) is 25.7 Å². The van der Waals surface area contributed by atoms with Crippen molar-refractivity contribution in [1.29, 1.82) is 0 Å². The molecule has 5 unspecified atom stereocenters. The molecule has 0 aliphatic rings. The summed E-state index contributed by atoms with van der Waals surface area (Å²) in [6, 6.07) is 0. The number of esters is 4. The van der Waals surface area contributed by atoms with Gasteiger partial charge in [0.25, 0.3) is 0 Å². The molecule has 0 fully saturated rings. The molecule has 5 atom stereocenters. The Morgan fingerprint density at radius 3 is 0.824 bits per heavy atom. The summed E-state index contributed by atoms with van der Waals surface area (Å²) >= 11 is 0. The molecule has 0 bridgehead atoms. The number of rotatable bonds is 73. The first-order valence-electron chi connectivity index (χ1n) is 39.4. The van der Waals surface area contributed by atoms with Crippen LogP contribution in [0.3, 0.4) is 0 Å². The quantitative estimate of drug-likeness (QED) is 0.0169. The van der Waals surface area contributed by atoms with Crippen molar-refractivity contribution in [3.63, 3.8) is 0 Å². The predicted molar refractivity (Wildman–Crippen MR) is 418 cm³/mol. The Balaban J connectivity index is 5.41. The van der Waals surface area contributed by atoms with E-state index < -0.39 is 97.5 Å². The van der Waals surface area contributed by atoms with Crippen LogP contribution in [0, 0.1) is 0 Å². The molecule has 0 heterocycles. The Labute approximate surface area is 618 Å². The number of unbranched alkanes of at least 4 members (excludes halogenated alkanes) is 25. The Bertz CT molecular complexity index is 2460. The minimum atomic E-state index is -4.99. The van der Waals surface area contributed by atoms with Crippen LogP contribution in [0.2, 0.25) is 0 Å². The van der Waals surface area contributed by atoms with Crippen molar-refractivity contribution in [2.24, 2.45) is 0 Å². The summed E-state index contributed by atoms with van der Waals surface area (Å²) in [5.41, 5.74) is 0. The van der Waals surface area contributed by atoms with Crippen molar-refractivity contribution in [2.75, 3.05) is 39.6 Å². The number of allylic oxidation sites excluding steroid dienone is 22. The van der Waals surface area contributed by atoms with Crippen molar-refractivity contribution in [3.8, 4) is 0 Å². The highest BCUT2D eigenvalue weighted by Gasteiger charge is 2.30. The van der Waals surface area contributed by atoms with E-state index in [4.69, 9.17) is 37.0 Å². The first-order valence-corrected chi connectivity index (χ1v) is 42.4. The summed E-state index contributed by atoms with van der Waals surface area (Å²) in [6.07, 6.45) is 82.9. The number of hydrogen-bond acceptors (Lipinski definition) is 15. The highest BCUT2D eigenvalue weighted by atomic mass is 31.2. The summed E-state index contributed by atoms with van der Waals surface area (Å²) in [5.74, 6) is -2.25. The number of ether oxygens (including phenoxy) is 4. The molecule has 0 saturated heterocycles. The van der Waals surface area contributed by atoms with Gasteiger partial charge in [0.2, 0.25) is 0 Å². The van der Waals surface area contributed by atoms with Gasteiger partial charge in [-0.05, 0) is 161 Å². The van der Waals surface area contributed by atoms with Crippen LogP contribution in [0.15, 0.2) is 134 Å². The maximum absolute atomic E-state index is 13.1. The third kappa shape index (κ3) is 73.5. The molecule has 0 amide bonds. The SMILES string of the molecule is CC/C=C\C/C=C\C/C=C\C/C=C\C/C=C\CCCCCC(=O)OCC(COP(=O)(O)OCC(O)COP(=O)(O)OCC(COC(=O)CCCCCCC/C=C\C/C=C\C/C=C\CC)OC(=O)CCCCCCC/C=C\C/C=C\CCCCC)OC(=O)CCCCCCC/C=C\CCCCCC. The molecule has 102 heavy (non-hydrogen) atoms. The van der Waals surface area contributed by atoms with Crippen LogP contribution in [0.25, 0.3) is 0 Å². The first-order chi connectivity index (χ1) is 49.7. The van der Waals surface area contributed by atoms with Crippen LogP contribution >= 0.6 is 15.6 Å². The lowest BCUT2D eigenvalue weighted by Gasteiger charge is -2.21. The zero-order valence-corrected chi connectivity index (χ0v) is 65.5. The first kappa shape index (κ1) is 97.2. The van der Waals surface area contributed by atoms with Crippen LogP contribution in [0.4, 0.5) is 0 Å². The van der Waals surface area contributed by atoms with Gasteiger partial charge < -0.3 is 33.8 Å². The van der Waals surface area contributed by atoms with Crippen LogP contribution in [-0.2, 0) is 65.4 Å². The molecule has 0 saturated carbocycles. The number of aliphatic hydroxyl groups excluding tert-OH is 1. The third-order valence-electron chi connectivity index (χ3n) is 16.1. The lowest BCUT2D eigenvalue weighted by atomic mass is 10.1. The van der Waals surface area contributed by atoms with E-state index in [2.05, 4.69) is 161 Å². The maximum Gasteiger partial charge on any atom is 0.472 e. The van der Waals surface area contributed by atoms with E-state index in [1.807, 2.05) is 0 Å². The molecule has 3 N–H and O–H groups in total. The lowest BCUT2D eigenvalue weighted by molar-refractivity contribution is -0.161. The van der Waals surface area contributed by atoms with Crippen molar-refractivity contribution in [2.45, 2.75) is 329 Å². The molecule has 0 aromatic carbocycles. The van der Waals surface area contributed by atoms with Gasteiger partial charge in [-0.1, -0.05) is 258 Å². The lowest BCUT2D eigenvalue weighted by Crippen LogP contribution is -2.30. The molecule has 0 aromatic rings. The molecule has 0 radical (unpaired) electrons. The largest absolute Gasteiger partial charge is 0.472 e. The zero-order chi connectivity index (χ0) is 74.6. The number of carbonyl (C=O) groups excluding carboxylic acids is 4. The fourth-order valence-electron chi connectivity index (χ4n) is 10.1. The van der Waals surface area contributed by atoms with Crippen molar-refractivity contribution >= 4 is 39.5 Å². The van der Waals surface area contributed by atoms with Crippen LogP contribution in [0.1, 0.15) is 310 Å². The van der Waals surface area contributed by atoms with Gasteiger partial charge in [-0.3, -0.25) is 37.3 Å². The van der Waals surface area contributed by atoms with Gasteiger partial charge in [0.15, 0.2) is 12.2 Å². The Morgan fingerprint density at radius 1 is 0.284 bits per heavy atom. The normalized spacial score (nSPS) is 14.6. The molecule has 0 aliphatic carbocycles. The van der Waals surface area contributed by atoms with E-state index >= 15 is 0 Å². The molecule has 0 spiro atoms. The molecule has 17 nitrogen and oxygen atoms in total. The minimum Gasteiger partial charge on any atom is -0.462 e. The van der Waals surface area contributed by atoms with E-state index in [1.165, 1.54) is 44.9 Å². The molecule has 0 aromatic heterocycles. The molecular weight excluding hydrogens is 1330 g/mol. The van der Waals surface area contributed by atoms with Gasteiger partial charge in [0.05, 0.1) is 26.4 Å². The Morgan fingerprint density at radius 2 is 0.510 bits per heavy atom. The summed E-state index contributed by atoms with van der Waals surface area (Å²) in [6.45, 7) is 4.53. The summed E-state index contributed by atoms with van der Waals surface area (Å²) < 4.78 is 68.5. The highest BCUT2D eigenvalue weighted by molar-refractivity contribution is 7.47. The third-order valence-corrected chi connectivity index (χ3v) is 18.0. The average Bonchev–Trinajstić information content (AvgIpc) is 0.908. The second-order valence-electron chi connectivity index (χ2n) is 25.9. The fraction of sp³-hybridized carbons (Fsp3) is 0.687. The Kier molecular flexibility index (Phi) is 71.0. The van der Waals surface area contributed by atoms with E-state index in [0.717, 1.165) is 186 Å². The van der Waals surface area contributed by atoms with E-state index in [9.17, 15) is 43.2 Å². The van der Waals surface area contributed by atoms with Gasteiger partial charge in [-0.2, -0.15) is 0 Å². The standard InChI is InChI=1S/C83H140O17P2/c1-5-9-13-17-21-25-29-33-36-37-38-39-42-45-48-52-56-60-64-68-81(86)94-73-78(99-82(87)69-65-61-57-53-49-43-32-28-24-20-16-12-8-4)75-97-101(89,90)95-71-77(84)72-96-102(91,92)98-76-79(100-83(88)70-66-62-58-54-50-46-41-35-31-27-23-19-15-11-7-3)74-93-80(85)67-63-59-55-51-47-44-40-34-30-26-22-18-14-10-6-2/h9-10,13-14,21-23,25-28,32-36,38-41,45,48,77-79,84H,5-8,11-12,15-20,24,29-31,37,42-44,46-47,49-76H2,1-4H3,(H,89,90)(H,91,92)/b13-9-,14-10-,25-21-,26-22-,27-23-,32-28-,36-33-,39-38-,40-34-,41-35-,48-45-. The van der Waals surface area contributed by atoms with E-state index in [0.29, 0.717) is 25.7 Å². The van der Waals surface area contributed by atoms with Crippen LogP contribution < -0.4 is 0 Å². The molecule has 19 heteroatoms. The number of phosphoric ester groups is 2. The van der Waals surface area contributed by atoms with Crippen molar-refractivity contribution in [1.82, 2.24) is 0 Å². The fourth-order valence-corrected chi connectivity index (χ4v) is 11.7. The predicted octanol–water partition coefficient (Wildman–Crippen LogP) is 22.9. The van der Waals surface area contributed by atoms with Gasteiger partial charge in [0, 0.05) is 25.7 Å². The summed E-state index contributed by atoms with van der Waals surface area (Å²) in [4.78, 5) is 73.0. The second kappa shape index (κ2) is 74.5. The molecule has 0 aliphatic heterocycles. The van der Waals surface area contributed by atoms with Gasteiger partial charge in [-0.25, -0.2) is 9.13 Å². The Hall–Kier alpha value is -4.80. The van der Waals surface area contributed by atoms with E-state index in [1.54, 1.807) is 0 Å². The number of hydrogen-bond donors (Lipinski definition) is 3. The zero-order valence-electron chi connectivity index (χ0n) is 63.7. The summed E-state index contributed by atoms with van der Waals surface area (Å²) in [7, 11) is -9.98. The van der Waals surface area contributed by atoms with Gasteiger partial charge in [-0.15, -0.1) is 0 Å². The maximum atomic E-state index is 13.1. The topological polar surface area (TPSA) is 237 Å². The smallest absolute Gasteiger partial charge is 0.462 e. The van der Waals surface area contributed by atoms with Crippen molar-refractivity contribution < 1.29 is 80.2 Å². The number of aliphatic hydroxyl groups is 1. The highest BCUT2D eigenvalue weighted by Crippen LogP contribution is 2.45. The number of phosphoric acid groups is 2. The monoisotopic (exact) mass is 1470 g/mol. The van der Waals surface area contributed by atoms with Crippen LogP contribution in [0.5, 0.6) is 0 Å². The molecule has 0 rings (SSSR count). The van der Waals surface area contributed by atoms with Gasteiger partial charge >= 0.3 is 39.5 Å². The second-order valence-corrected chi connectivity index (χ2v) is 28.8. The molecular formula is C83H140O17P2. The van der Waals surface area contributed by atoms with Gasteiger partial charge in [0.1, 0.15) is 19.3 Å². The minimum absolute atomic E-state index is 0.0717. The van der Waals surface area contributed by atoms with Crippen molar-refractivity contribution in [3.05, 3.63) is 134 Å². The number of carbonyl (C=O) groups is 4. The average molecular weight is 1470 g/mol. The summed E-state index contributed by atoms with van der Waals surface area (Å²) in [5, 5.41) is 10.6. The van der Waals surface area contributed by atoms with Crippen LogP contribution in [-0.4, -0.2) is 96.7 Å².